The molecule has 3 atom stereocenters. The van der Waals surface area contributed by atoms with Gasteiger partial charge in [0.25, 0.3) is 0 Å². The summed E-state index contributed by atoms with van der Waals surface area (Å²) in [7, 11) is 0. The molecule has 0 saturated heterocycles. The van der Waals surface area contributed by atoms with Crippen LogP contribution in [0.5, 0.6) is 0 Å². The van der Waals surface area contributed by atoms with Crippen LogP contribution in [0, 0.1) is 11.8 Å². The molecule has 2 rings (SSSR count). The van der Waals surface area contributed by atoms with E-state index in [-0.39, 0.29) is 6.04 Å². The molecule has 1 heterocycles. The Bertz CT molecular complexity index is 322. The monoisotopic (exact) mass is 237 g/mol. The van der Waals surface area contributed by atoms with Gasteiger partial charge in [0.1, 0.15) is 0 Å². The SMILES string of the molecule is CC(NC1CCCCC1C(C)C)c1nn[nH]n1. The van der Waals surface area contributed by atoms with Gasteiger partial charge in [-0.15, -0.1) is 10.2 Å². The van der Waals surface area contributed by atoms with Gasteiger partial charge in [0.2, 0.25) is 0 Å². The summed E-state index contributed by atoms with van der Waals surface area (Å²) in [6, 6.07) is 0.773. The van der Waals surface area contributed by atoms with Crippen molar-refractivity contribution in [2.75, 3.05) is 0 Å². The molecule has 0 amide bonds. The Morgan fingerprint density at radius 2 is 2.00 bits per heavy atom. The molecular weight excluding hydrogens is 214 g/mol. The van der Waals surface area contributed by atoms with Gasteiger partial charge >= 0.3 is 0 Å². The first-order chi connectivity index (χ1) is 8.18. The molecule has 3 unspecified atom stereocenters. The van der Waals surface area contributed by atoms with Crippen molar-refractivity contribution in [3.8, 4) is 0 Å². The highest BCUT2D eigenvalue weighted by Gasteiger charge is 2.29. The number of tetrazole rings is 1. The van der Waals surface area contributed by atoms with Gasteiger partial charge < -0.3 is 5.32 Å². The van der Waals surface area contributed by atoms with Gasteiger partial charge in [-0.3, -0.25) is 0 Å². The molecule has 0 bridgehead atoms. The lowest BCUT2D eigenvalue weighted by molar-refractivity contribution is 0.193. The van der Waals surface area contributed by atoms with E-state index < -0.39 is 0 Å². The molecule has 1 saturated carbocycles. The van der Waals surface area contributed by atoms with E-state index in [9.17, 15) is 0 Å². The van der Waals surface area contributed by atoms with E-state index in [0.29, 0.717) is 6.04 Å². The summed E-state index contributed by atoms with van der Waals surface area (Å²) in [6.07, 6.45) is 5.32. The van der Waals surface area contributed by atoms with Crippen molar-refractivity contribution >= 4 is 0 Å². The smallest absolute Gasteiger partial charge is 0.191 e. The highest BCUT2D eigenvalue weighted by molar-refractivity contribution is 4.91. The lowest BCUT2D eigenvalue weighted by Gasteiger charge is -2.36. The average molecular weight is 237 g/mol. The second kappa shape index (κ2) is 5.58. The van der Waals surface area contributed by atoms with Gasteiger partial charge in [0.15, 0.2) is 5.82 Å². The Labute approximate surface area is 103 Å². The zero-order chi connectivity index (χ0) is 12.3. The van der Waals surface area contributed by atoms with E-state index in [4.69, 9.17) is 0 Å². The first kappa shape index (κ1) is 12.5. The molecule has 5 nitrogen and oxygen atoms in total. The molecule has 1 aromatic rings. The number of hydrogen-bond acceptors (Lipinski definition) is 4. The third kappa shape index (κ3) is 3.03. The first-order valence-electron chi connectivity index (χ1n) is 6.68. The maximum absolute atomic E-state index is 4.04. The number of hydrogen-bond donors (Lipinski definition) is 2. The molecule has 0 aromatic carbocycles. The van der Waals surface area contributed by atoms with Crippen molar-refractivity contribution in [1.29, 1.82) is 0 Å². The minimum Gasteiger partial charge on any atom is -0.304 e. The van der Waals surface area contributed by atoms with Crippen molar-refractivity contribution in [3.63, 3.8) is 0 Å². The van der Waals surface area contributed by atoms with Crippen LogP contribution in [0.15, 0.2) is 0 Å². The Morgan fingerprint density at radius 3 is 2.65 bits per heavy atom. The highest BCUT2D eigenvalue weighted by Crippen LogP contribution is 2.31. The molecule has 1 aliphatic carbocycles. The van der Waals surface area contributed by atoms with Crippen LogP contribution < -0.4 is 5.32 Å². The third-order valence-electron chi connectivity index (χ3n) is 3.89. The summed E-state index contributed by atoms with van der Waals surface area (Å²) in [4.78, 5) is 0. The summed E-state index contributed by atoms with van der Waals surface area (Å²) in [5.74, 6) is 2.28. The van der Waals surface area contributed by atoms with E-state index in [1.165, 1.54) is 25.7 Å². The van der Waals surface area contributed by atoms with Crippen molar-refractivity contribution < 1.29 is 0 Å². The zero-order valence-corrected chi connectivity index (χ0v) is 11.0. The minimum atomic E-state index is 0.179. The highest BCUT2D eigenvalue weighted by atomic mass is 15.5. The average Bonchev–Trinajstić information content (AvgIpc) is 2.83. The lowest BCUT2D eigenvalue weighted by atomic mass is 9.77. The molecule has 5 heteroatoms. The second-order valence-corrected chi connectivity index (χ2v) is 5.46. The van der Waals surface area contributed by atoms with Crippen LogP contribution >= 0.6 is 0 Å². The third-order valence-corrected chi connectivity index (χ3v) is 3.89. The summed E-state index contributed by atoms with van der Waals surface area (Å²) in [5.41, 5.74) is 0. The van der Waals surface area contributed by atoms with Crippen molar-refractivity contribution in [3.05, 3.63) is 5.82 Å². The van der Waals surface area contributed by atoms with E-state index in [1.54, 1.807) is 0 Å². The number of aromatic nitrogens is 4. The Kier molecular flexibility index (Phi) is 4.10. The number of aromatic amines is 1. The van der Waals surface area contributed by atoms with Crippen LogP contribution in [0.3, 0.4) is 0 Å². The van der Waals surface area contributed by atoms with Gasteiger partial charge in [-0.2, -0.15) is 5.21 Å². The largest absolute Gasteiger partial charge is 0.304 e. The normalized spacial score (nSPS) is 27.3. The van der Waals surface area contributed by atoms with E-state index in [2.05, 4.69) is 46.7 Å². The van der Waals surface area contributed by atoms with E-state index >= 15 is 0 Å². The summed E-state index contributed by atoms with van der Waals surface area (Å²) >= 11 is 0. The Morgan fingerprint density at radius 1 is 1.24 bits per heavy atom. The molecule has 0 radical (unpaired) electrons. The standard InChI is InChI=1S/C12H23N5/c1-8(2)10-6-4-5-7-11(10)13-9(3)12-14-16-17-15-12/h8-11,13H,4-7H2,1-3H3,(H,14,15,16,17). The summed E-state index contributed by atoms with van der Waals surface area (Å²) < 4.78 is 0. The lowest BCUT2D eigenvalue weighted by Crippen LogP contribution is -2.42. The zero-order valence-electron chi connectivity index (χ0n) is 11.0. The van der Waals surface area contributed by atoms with Crippen molar-refractivity contribution in [2.45, 2.75) is 58.5 Å². The molecular formula is C12H23N5. The van der Waals surface area contributed by atoms with Crippen LogP contribution in [0.2, 0.25) is 0 Å². The fourth-order valence-corrected chi connectivity index (χ4v) is 2.91. The van der Waals surface area contributed by atoms with Crippen LogP contribution in [-0.4, -0.2) is 26.7 Å². The Balaban J connectivity index is 1.96. The fraction of sp³-hybridized carbons (Fsp3) is 0.917. The fourth-order valence-electron chi connectivity index (χ4n) is 2.91. The second-order valence-electron chi connectivity index (χ2n) is 5.46. The maximum Gasteiger partial charge on any atom is 0.191 e. The number of nitrogens with one attached hydrogen (secondary N) is 2. The first-order valence-corrected chi connectivity index (χ1v) is 6.68. The van der Waals surface area contributed by atoms with Crippen LogP contribution in [-0.2, 0) is 0 Å². The molecule has 1 aromatic heterocycles. The quantitative estimate of drug-likeness (QED) is 0.841. The van der Waals surface area contributed by atoms with Crippen LogP contribution in [0.1, 0.15) is 58.3 Å². The van der Waals surface area contributed by atoms with Gasteiger partial charge in [0.05, 0.1) is 6.04 Å². The van der Waals surface area contributed by atoms with Gasteiger partial charge in [-0.1, -0.05) is 31.9 Å². The molecule has 96 valence electrons. The predicted molar refractivity (Wildman–Crippen MR) is 66.3 cm³/mol. The van der Waals surface area contributed by atoms with Gasteiger partial charge in [-0.25, -0.2) is 0 Å². The van der Waals surface area contributed by atoms with Crippen LogP contribution in [0.4, 0.5) is 0 Å². The van der Waals surface area contributed by atoms with Gasteiger partial charge in [-0.05, 0) is 31.6 Å². The topological polar surface area (TPSA) is 66.5 Å². The van der Waals surface area contributed by atoms with E-state index in [1.807, 2.05) is 0 Å². The van der Waals surface area contributed by atoms with Crippen molar-refractivity contribution in [2.24, 2.45) is 11.8 Å². The molecule has 17 heavy (non-hydrogen) atoms. The molecule has 1 aliphatic rings. The summed E-state index contributed by atoms with van der Waals surface area (Å²) in [6.45, 7) is 6.75. The predicted octanol–water partition coefficient (Wildman–Crippen LogP) is 2.07. The van der Waals surface area contributed by atoms with E-state index in [0.717, 1.165) is 17.7 Å². The molecule has 2 N–H and O–H groups in total. The maximum atomic E-state index is 4.04. The minimum absolute atomic E-state index is 0.179. The van der Waals surface area contributed by atoms with Gasteiger partial charge in [0, 0.05) is 6.04 Å². The number of rotatable bonds is 4. The molecule has 1 fully saturated rings. The summed E-state index contributed by atoms with van der Waals surface area (Å²) in [5, 5.41) is 17.9. The Hall–Kier alpha value is -0.970. The molecule has 0 aliphatic heterocycles. The number of H-pyrrole nitrogens is 1. The molecule has 0 spiro atoms. The van der Waals surface area contributed by atoms with Crippen molar-refractivity contribution in [1.82, 2.24) is 25.9 Å². The number of nitrogens with zero attached hydrogens (tertiary/aromatic N) is 3. The van der Waals surface area contributed by atoms with Crippen LogP contribution in [0.25, 0.3) is 0 Å².